The van der Waals surface area contributed by atoms with E-state index in [0.29, 0.717) is 5.56 Å². The fraction of sp³-hybridized carbons (Fsp3) is 0.0909. The summed E-state index contributed by atoms with van der Waals surface area (Å²) in [4.78, 5) is 12.5. The summed E-state index contributed by atoms with van der Waals surface area (Å²) in [7, 11) is 1.31. The van der Waals surface area contributed by atoms with Crippen LogP contribution in [0.1, 0.15) is 11.3 Å². The van der Waals surface area contributed by atoms with Crippen LogP contribution in [0.25, 0.3) is 16.9 Å². The minimum atomic E-state index is -4.86. The summed E-state index contributed by atoms with van der Waals surface area (Å²) in [5.41, 5.74) is -0.934. The van der Waals surface area contributed by atoms with Crippen LogP contribution in [0.15, 0.2) is 59.9 Å². The average Bonchev–Trinajstić information content (AvgIpc) is 3.21. The van der Waals surface area contributed by atoms with Gasteiger partial charge in [0.2, 0.25) is 5.82 Å². The van der Waals surface area contributed by atoms with E-state index in [1.807, 2.05) is 0 Å². The molecule has 0 saturated carbocycles. The van der Waals surface area contributed by atoms with Crippen molar-refractivity contribution in [2.45, 2.75) is 6.18 Å². The van der Waals surface area contributed by atoms with Gasteiger partial charge in [0.15, 0.2) is 11.5 Å². The Bertz CT molecular complexity index is 1350. The van der Waals surface area contributed by atoms with Crippen molar-refractivity contribution < 1.29 is 17.9 Å². The van der Waals surface area contributed by atoms with Crippen LogP contribution in [0.2, 0.25) is 15.1 Å². The van der Waals surface area contributed by atoms with Crippen LogP contribution < -0.4 is 4.74 Å². The lowest BCUT2D eigenvalue weighted by molar-refractivity contribution is -0.140. The Morgan fingerprint density at radius 1 is 1.00 bits per heavy atom. The molecule has 6 nitrogen and oxygen atoms in total. The molecule has 0 aliphatic carbocycles. The predicted octanol–water partition coefficient (Wildman–Crippen LogP) is 7.07. The second-order valence-corrected chi connectivity index (χ2v) is 7.96. The molecule has 4 rings (SSSR count). The van der Waals surface area contributed by atoms with E-state index in [1.54, 1.807) is 30.3 Å². The number of hydrogen-bond donors (Lipinski definition) is 0. The Balaban J connectivity index is 2.08. The fourth-order valence-corrected chi connectivity index (χ4v) is 3.72. The maximum absolute atomic E-state index is 14.2. The zero-order chi connectivity index (χ0) is 24.5. The number of aliphatic imine (C=N–C) groups is 1. The number of hydrogen-bond acceptors (Lipinski definition) is 5. The van der Waals surface area contributed by atoms with Crippen molar-refractivity contribution in [2.75, 3.05) is 7.11 Å². The first-order valence-corrected chi connectivity index (χ1v) is 10.6. The highest BCUT2D eigenvalue weighted by molar-refractivity contribution is 6.48. The molecular weight excluding hydrogens is 514 g/mol. The zero-order valence-corrected chi connectivity index (χ0v) is 19.5. The molecule has 0 unspecified atom stereocenters. The summed E-state index contributed by atoms with van der Waals surface area (Å²) in [6.07, 6.45) is -0.818. The van der Waals surface area contributed by atoms with Crippen molar-refractivity contribution >= 4 is 46.8 Å². The summed E-state index contributed by atoms with van der Waals surface area (Å²) in [6, 6.07) is 11.4. The summed E-state index contributed by atoms with van der Waals surface area (Å²) in [5, 5.41) is 3.76. The Morgan fingerprint density at radius 3 is 2.26 bits per heavy atom. The summed E-state index contributed by atoms with van der Waals surface area (Å²) >= 11 is 18.3. The summed E-state index contributed by atoms with van der Waals surface area (Å²) in [5.74, 6) is -0.328. The highest BCUT2D eigenvalue weighted by Gasteiger charge is 2.41. The molecule has 0 aliphatic rings. The van der Waals surface area contributed by atoms with Gasteiger partial charge in [0.25, 0.3) is 5.88 Å². The molecule has 2 heterocycles. The molecule has 0 bridgehead atoms. The number of nitrogens with zero attached hydrogens (tertiary/aromatic N) is 5. The Morgan fingerprint density at radius 2 is 1.65 bits per heavy atom. The van der Waals surface area contributed by atoms with Gasteiger partial charge in [0, 0.05) is 18.6 Å². The minimum Gasteiger partial charge on any atom is -0.478 e. The van der Waals surface area contributed by atoms with Gasteiger partial charge in [0.1, 0.15) is 0 Å². The van der Waals surface area contributed by atoms with Crippen LogP contribution in [0.4, 0.5) is 19.0 Å². The monoisotopic (exact) mass is 525 g/mol. The molecule has 0 saturated heterocycles. The first-order chi connectivity index (χ1) is 16.2. The van der Waals surface area contributed by atoms with Gasteiger partial charge in [-0.15, -0.1) is 0 Å². The molecule has 0 radical (unpaired) electrons. The largest absolute Gasteiger partial charge is 0.478 e. The highest BCUT2D eigenvalue weighted by Crippen LogP contribution is 2.46. The molecule has 12 heteroatoms. The molecule has 2 aromatic carbocycles. The van der Waals surface area contributed by atoms with Crippen molar-refractivity contribution in [3.8, 4) is 22.8 Å². The Kier molecular flexibility index (Phi) is 6.79. The molecule has 174 valence electrons. The number of halogens is 6. The van der Waals surface area contributed by atoms with E-state index in [0.717, 1.165) is 4.68 Å². The van der Waals surface area contributed by atoms with E-state index in [2.05, 4.69) is 20.1 Å². The van der Waals surface area contributed by atoms with Crippen molar-refractivity contribution in [3.05, 3.63) is 81.2 Å². The molecule has 2 aromatic heterocycles. The van der Waals surface area contributed by atoms with Gasteiger partial charge in [0.05, 0.1) is 27.7 Å². The van der Waals surface area contributed by atoms with E-state index in [4.69, 9.17) is 39.5 Å². The molecule has 0 atom stereocenters. The van der Waals surface area contributed by atoms with Crippen molar-refractivity contribution in [2.24, 2.45) is 4.99 Å². The van der Waals surface area contributed by atoms with Crippen LogP contribution in [0.3, 0.4) is 0 Å². The normalized spacial score (nSPS) is 11.9. The Hall–Kier alpha value is -3.14. The lowest BCUT2D eigenvalue weighted by atomic mass is 10.0. The van der Waals surface area contributed by atoms with Crippen molar-refractivity contribution in [3.63, 3.8) is 0 Å². The smallest absolute Gasteiger partial charge is 0.435 e. The van der Waals surface area contributed by atoms with Gasteiger partial charge in [-0.1, -0.05) is 65.1 Å². The fourth-order valence-electron chi connectivity index (χ4n) is 3.12. The number of methoxy groups -OCH3 is 1. The summed E-state index contributed by atoms with van der Waals surface area (Å²) in [6.45, 7) is 0. The molecule has 4 aromatic rings. The molecule has 0 aliphatic heterocycles. The van der Waals surface area contributed by atoms with E-state index in [9.17, 15) is 13.2 Å². The van der Waals surface area contributed by atoms with Gasteiger partial charge in [-0.05, 0) is 23.3 Å². The molecular formula is C22H13Cl3F3N5O. The summed E-state index contributed by atoms with van der Waals surface area (Å²) < 4.78 is 48.6. The van der Waals surface area contributed by atoms with Crippen LogP contribution in [0, 0.1) is 0 Å². The third-order valence-electron chi connectivity index (χ3n) is 4.58. The maximum atomic E-state index is 14.2. The predicted molar refractivity (Wildman–Crippen MR) is 125 cm³/mol. The van der Waals surface area contributed by atoms with Gasteiger partial charge in [-0.3, -0.25) is 0 Å². The number of ether oxygens (including phenoxy) is 1. The van der Waals surface area contributed by atoms with E-state index in [-0.39, 0.29) is 43.7 Å². The second kappa shape index (κ2) is 9.61. The highest BCUT2D eigenvalue weighted by atomic mass is 35.5. The molecule has 34 heavy (non-hydrogen) atoms. The number of alkyl halides is 3. The van der Waals surface area contributed by atoms with E-state index >= 15 is 0 Å². The van der Waals surface area contributed by atoms with Crippen LogP contribution in [-0.2, 0) is 6.18 Å². The zero-order valence-electron chi connectivity index (χ0n) is 17.2. The third kappa shape index (κ3) is 4.72. The second-order valence-electron chi connectivity index (χ2n) is 6.77. The van der Waals surface area contributed by atoms with Gasteiger partial charge in [-0.2, -0.15) is 23.0 Å². The standard InChI is InChI=1S/C22H13Cl3F3N5O/c1-34-21-20(29-7-8-30-21)33-19(31-11-12-5-3-2-4-6-12)16(18(32-33)22(26,27)28)13-9-14(23)17(25)15(24)10-13/h2-11H,1H3. The van der Waals surface area contributed by atoms with Crippen molar-refractivity contribution in [1.29, 1.82) is 0 Å². The minimum absolute atomic E-state index is 0.0120. The molecule has 0 fully saturated rings. The maximum Gasteiger partial charge on any atom is 0.435 e. The van der Waals surface area contributed by atoms with Crippen molar-refractivity contribution in [1.82, 2.24) is 19.7 Å². The van der Waals surface area contributed by atoms with E-state index in [1.165, 1.54) is 37.9 Å². The number of rotatable bonds is 5. The lowest BCUT2D eigenvalue weighted by Crippen LogP contribution is -2.09. The van der Waals surface area contributed by atoms with Gasteiger partial charge < -0.3 is 4.74 Å². The lowest BCUT2D eigenvalue weighted by Gasteiger charge is -2.10. The van der Waals surface area contributed by atoms with Gasteiger partial charge >= 0.3 is 6.18 Å². The third-order valence-corrected chi connectivity index (χ3v) is 5.77. The quantitative estimate of drug-likeness (QED) is 0.206. The SMILES string of the molecule is COc1nccnc1-n1nc(C(F)(F)F)c(-c2cc(Cl)c(Cl)c(Cl)c2)c1N=Cc1ccccc1. The molecule has 0 spiro atoms. The number of aromatic nitrogens is 4. The first-order valence-electron chi connectivity index (χ1n) is 9.50. The topological polar surface area (TPSA) is 65.2 Å². The molecule has 0 N–H and O–H groups in total. The Labute approximate surface area is 206 Å². The average molecular weight is 527 g/mol. The van der Waals surface area contributed by atoms with E-state index < -0.39 is 11.9 Å². The number of benzene rings is 2. The van der Waals surface area contributed by atoms with Gasteiger partial charge in [-0.25, -0.2) is 15.0 Å². The van der Waals surface area contributed by atoms with Crippen LogP contribution in [-0.4, -0.2) is 33.1 Å². The molecule has 0 amide bonds. The van der Waals surface area contributed by atoms with Crippen LogP contribution in [0.5, 0.6) is 5.88 Å². The van der Waals surface area contributed by atoms with Crippen LogP contribution >= 0.6 is 34.8 Å². The first kappa shape index (κ1) is 24.0.